The second-order valence-electron chi connectivity index (χ2n) is 7.03. The lowest BCUT2D eigenvalue weighted by atomic mass is 9.91. The summed E-state index contributed by atoms with van der Waals surface area (Å²) in [6.45, 7) is 13.2. The number of carbonyl (C=O) groups excluding carboxylic acids is 2. The summed E-state index contributed by atoms with van der Waals surface area (Å²) in [5, 5.41) is 3.90. The van der Waals surface area contributed by atoms with E-state index in [0.717, 1.165) is 6.42 Å². The van der Waals surface area contributed by atoms with Crippen LogP contribution in [0.15, 0.2) is 10.6 Å². The molecule has 1 aliphatic heterocycles. The first kappa shape index (κ1) is 28.9. The molecule has 0 radical (unpaired) electrons. The Morgan fingerprint density at radius 2 is 1.87 bits per heavy atom. The predicted molar refractivity (Wildman–Crippen MR) is 119 cm³/mol. The molecule has 2 N–H and O–H groups in total. The lowest BCUT2D eigenvalue weighted by Gasteiger charge is -2.27. The van der Waals surface area contributed by atoms with Crippen LogP contribution in [0.3, 0.4) is 0 Å². The van der Waals surface area contributed by atoms with E-state index >= 15 is 0 Å². The summed E-state index contributed by atoms with van der Waals surface area (Å²) in [6, 6.07) is 1.04. The van der Waals surface area contributed by atoms with Crippen molar-refractivity contribution in [3.05, 3.63) is 11.8 Å². The summed E-state index contributed by atoms with van der Waals surface area (Å²) >= 11 is 0. The van der Waals surface area contributed by atoms with E-state index in [1.54, 1.807) is 11.0 Å². The number of amides is 2. The van der Waals surface area contributed by atoms with E-state index in [1.165, 1.54) is 0 Å². The number of hydrogen-bond donors (Lipinski definition) is 1. The minimum Gasteiger partial charge on any atom is -0.470 e. The normalized spacial score (nSPS) is 16.5. The van der Waals surface area contributed by atoms with Gasteiger partial charge in [0.15, 0.2) is 12.1 Å². The third-order valence-electron chi connectivity index (χ3n) is 4.68. The van der Waals surface area contributed by atoms with Crippen molar-refractivity contribution in [2.45, 2.75) is 80.1 Å². The van der Waals surface area contributed by atoms with Crippen LogP contribution in [0.4, 0.5) is 0 Å². The van der Waals surface area contributed by atoms with Gasteiger partial charge in [0.2, 0.25) is 11.8 Å². The van der Waals surface area contributed by atoms with Crippen LogP contribution >= 0.6 is 0 Å². The highest BCUT2D eigenvalue weighted by Gasteiger charge is 2.39. The van der Waals surface area contributed by atoms with Gasteiger partial charge in [0.1, 0.15) is 18.6 Å². The van der Waals surface area contributed by atoms with E-state index in [0.29, 0.717) is 31.9 Å². The van der Waals surface area contributed by atoms with Crippen molar-refractivity contribution >= 4 is 11.8 Å². The molecule has 9 nitrogen and oxygen atoms in total. The number of hydrogen-bond acceptors (Lipinski definition) is 7. The standard InChI is InChI=1S/C19H31N3O6.C2H6.CH4/c1-5-25-16(26-6-2)11-27-15-10-14(28-21-15)17(12(3)4)19(24)22-9-7-8-13(22)18(20)23;1-2;/h10,12-13,16-17H,5-9,11H2,1-4H3,(H2,20,23);1-2H3;1H4/t13-,17?;;/m0../s1. The van der Waals surface area contributed by atoms with E-state index < -0.39 is 24.2 Å². The average molecular weight is 444 g/mol. The first-order chi connectivity index (χ1) is 14.4. The highest BCUT2D eigenvalue weighted by molar-refractivity contribution is 5.90. The summed E-state index contributed by atoms with van der Waals surface area (Å²) in [7, 11) is 0. The number of nitrogens with two attached hydrogens (primary N) is 1. The van der Waals surface area contributed by atoms with Crippen LogP contribution < -0.4 is 10.5 Å². The Morgan fingerprint density at radius 1 is 1.26 bits per heavy atom. The minimum atomic E-state index is -0.570. The second kappa shape index (κ2) is 14.8. The topological polar surface area (TPSA) is 117 Å². The smallest absolute Gasteiger partial charge is 0.254 e. The van der Waals surface area contributed by atoms with Gasteiger partial charge in [0.05, 0.1) is 0 Å². The molecule has 9 heteroatoms. The number of rotatable bonds is 11. The van der Waals surface area contributed by atoms with Gasteiger partial charge in [-0.25, -0.2) is 0 Å². The maximum atomic E-state index is 13.1. The summed E-state index contributed by atoms with van der Waals surface area (Å²) in [5.74, 6) is -0.630. The Hall–Kier alpha value is -2.13. The van der Waals surface area contributed by atoms with Crippen LogP contribution in [-0.2, 0) is 19.1 Å². The highest BCUT2D eigenvalue weighted by Crippen LogP contribution is 2.32. The fourth-order valence-electron chi connectivity index (χ4n) is 3.40. The largest absolute Gasteiger partial charge is 0.470 e. The maximum absolute atomic E-state index is 13.1. The molecule has 2 rings (SSSR count). The average Bonchev–Trinajstić information content (AvgIpc) is 3.38. The van der Waals surface area contributed by atoms with Gasteiger partial charge in [0.25, 0.3) is 5.88 Å². The molecule has 0 saturated carbocycles. The lowest BCUT2D eigenvalue weighted by Crippen LogP contribution is -2.46. The summed E-state index contributed by atoms with van der Waals surface area (Å²) < 4.78 is 21.8. The molecule has 0 spiro atoms. The molecular formula is C22H41N3O6. The van der Waals surface area contributed by atoms with Gasteiger partial charge < -0.3 is 29.4 Å². The zero-order chi connectivity index (χ0) is 22.7. The van der Waals surface area contributed by atoms with Gasteiger partial charge in [0, 0.05) is 25.8 Å². The Bertz CT molecular complexity index is 643. The summed E-state index contributed by atoms with van der Waals surface area (Å²) in [5.41, 5.74) is 5.45. The molecule has 2 heterocycles. The molecule has 0 bridgehead atoms. The van der Waals surface area contributed by atoms with Crippen molar-refractivity contribution in [3.8, 4) is 5.88 Å². The summed E-state index contributed by atoms with van der Waals surface area (Å²) in [6.07, 6.45) is 0.844. The number of carbonyl (C=O) groups is 2. The van der Waals surface area contributed by atoms with Crippen LogP contribution in [0.2, 0.25) is 0 Å². The highest BCUT2D eigenvalue weighted by atomic mass is 16.7. The van der Waals surface area contributed by atoms with Gasteiger partial charge in [-0.1, -0.05) is 35.1 Å². The quantitative estimate of drug-likeness (QED) is 0.521. The fourth-order valence-corrected chi connectivity index (χ4v) is 3.40. The number of primary amides is 1. The van der Waals surface area contributed by atoms with E-state index in [9.17, 15) is 9.59 Å². The van der Waals surface area contributed by atoms with Crippen LogP contribution in [0.25, 0.3) is 0 Å². The van der Waals surface area contributed by atoms with E-state index in [1.807, 2.05) is 41.5 Å². The molecule has 1 unspecified atom stereocenters. The molecule has 2 amide bonds. The maximum Gasteiger partial charge on any atom is 0.254 e. The molecule has 0 aromatic carbocycles. The molecular weight excluding hydrogens is 402 g/mol. The zero-order valence-corrected chi connectivity index (χ0v) is 19.1. The summed E-state index contributed by atoms with van der Waals surface area (Å²) in [4.78, 5) is 26.3. The molecule has 1 aromatic rings. The van der Waals surface area contributed by atoms with Crippen molar-refractivity contribution < 1.29 is 28.3 Å². The van der Waals surface area contributed by atoms with Gasteiger partial charge in [-0.05, 0) is 37.8 Å². The molecule has 0 aliphatic carbocycles. The number of ether oxygens (including phenoxy) is 3. The Labute approximate surface area is 186 Å². The monoisotopic (exact) mass is 443 g/mol. The molecule has 180 valence electrons. The van der Waals surface area contributed by atoms with Crippen LogP contribution in [-0.4, -0.2) is 60.6 Å². The first-order valence-electron chi connectivity index (χ1n) is 10.8. The Kier molecular flexibility index (Phi) is 13.8. The Balaban J connectivity index is 0.00000291. The van der Waals surface area contributed by atoms with E-state index in [2.05, 4.69) is 5.16 Å². The third kappa shape index (κ3) is 8.14. The van der Waals surface area contributed by atoms with Gasteiger partial charge >= 0.3 is 0 Å². The minimum absolute atomic E-state index is 0. The number of aromatic nitrogens is 1. The third-order valence-corrected chi connectivity index (χ3v) is 4.68. The van der Waals surface area contributed by atoms with Crippen LogP contribution in [0, 0.1) is 5.92 Å². The van der Waals surface area contributed by atoms with Crippen molar-refractivity contribution in [1.29, 1.82) is 0 Å². The van der Waals surface area contributed by atoms with E-state index in [-0.39, 0.29) is 31.7 Å². The first-order valence-corrected chi connectivity index (χ1v) is 10.8. The Morgan fingerprint density at radius 3 is 2.39 bits per heavy atom. The van der Waals surface area contributed by atoms with Crippen LogP contribution in [0.1, 0.15) is 73.5 Å². The van der Waals surface area contributed by atoms with Gasteiger partial charge in [-0.3, -0.25) is 9.59 Å². The molecule has 1 saturated heterocycles. The number of nitrogens with zero attached hydrogens (tertiary/aromatic N) is 2. The SMILES string of the molecule is C.CC.CCOC(COc1cc(C(C(=O)N2CCC[C@H]2C(N)=O)C(C)C)on1)OCC. The van der Waals surface area contributed by atoms with Crippen molar-refractivity contribution in [1.82, 2.24) is 10.1 Å². The van der Waals surface area contributed by atoms with Crippen molar-refractivity contribution in [2.75, 3.05) is 26.4 Å². The zero-order valence-electron chi connectivity index (χ0n) is 19.1. The molecule has 1 aliphatic rings. The number of likely N-dealkylation sites (tertiary alicyclic amines) is 1. The molecule has 31 heavy (non-hydrogen) atoms. The fraction of sp³-hybridized carbons (Fsp3) is 0.773. The lowest BCUT2D eigenvalue weighted by molar-refractivity contribution is -0.153. The van der Waals surface area contributed by atoms with Crippen molar-refractivity contribution in [3.63, 3.8) is 0 Å². The second-order valence-corrected chi connectivity index (χ2v) is 7.03. The molecule has 1 fully saturated rings. The predicted octanol–water partition coefficient (Wildman–Crippen LogP) is 3.33. The molecule has 1 aromatic heterocycles. The van der Waals surface area contributed by atoms with Gasteiger partial charge in [-0.2, -0.15) is 0 Å². The van der Waals surface area contributed by atoms with E-state index in [4.69, 9.17) is 24.5 Å². The van der Waals surface area contributed by atoms with Gasteiger partial charge in [-0.15, -0.1) is 0 Å². The van der Waals surface area contributed by atoms with Crippen LogP contribution in [0.5, 0.6) is 5.88 Å². The molecule has 2 atom stereocenters. The van der Waals surface area contributed by atoms with Crippen molar-refractivity contribution in [2.24, 2.45) is 11.7 Å².